The van der Waals surface area contributed by atoms with Crippen molar-refractivity contribution in [3.63, 3.8) is 0 Å². The third-order valence-electron chi connectivity index (χ3n) is 2.33. The summed E-state index contributed by atoms with van der Waals surface area (Å²) in [7, 11) is 3.54. The average molecular weight is 225 g/mol. The van der Waals surface area contributed by atoms with E-state index in [1.807, 2.05) is 0 Å². The normalized spacial score (nSPS) is 10.8. The van der Waals surface area contributed by atoms with E-state index in [2.05, 4.69) is 0 Å². The number of aromatic hydroxyl groups is 2. The molecule has 3 N–H and O–H groups in total. The van der Waals surface area contributed by atoms with Crippen molar-refractivity contribution >= 4 is 5.97 Å². The molecule has 0 bridgehead atoms. The Morgan fingerprint density at radius 3 is 2.31 bits per heavy atom. The van der Waals surface area contributed by atoms with Gasteiger partial charge in [-0.05, 0) is 21.0 Å². The maximum absolute atomic E-state index is 11.1. The summed E-state index contributed by atoms with van der Waals surface area (Å²) in [6.07, 6.45) is 0. The molecule has 5 heteroatoms. The number of phenols is 2. The number of hydrogen-bond donors (Lipinski definition) is 3. The molecule has 0 atom stereocenters. The Kier molecular flexibility index (Phi) is 3.39. The van der Waals surface area contributed by atoms with Crippen LogP contribution >= 0.6 is 0 Å². The number of hydrogen-bond acceptors (Lipinski definition) is 4. The van der Waals surface area contributed by atoms with E-state index in [9.17, 15) is 15.0 Å². The van der Waals surface area contributed by atoms with Gasteiger partial charge in [-0.2, -0.15) is 0 Å². The van der Waals surface area contributed by atoms with Gasteiger partial charge in [0.2, 0.25) is 0 Å². The standard InChI is InChI=1S/C11H15NO4/c1-6-8(13)4-9(14)7(5-12(2)3)10(6)11(15)16/h4,13-14H,5H2,1-3H3,(H,15,16). The van der Waals surface area contributed by atoms with E-state index in [1.54, 1.807) is 19.0 Å². The molecule has 5 nitrogen and oxygen atoms in total. The van der Waals surface area contributed by atoms with E-state index in [0.717, 1.165) is 0 Å². The molecule has 0 aliphatic heterocycles. The quantitative estimate of drug-likeness (QED) is 0.719. The number of rotatable bonds is 3. The van der Waals surface area contributed by atoms with Crippen LogP contribution in [0.3, 0.4) is 0 Å². The molecule has 0 saturated carbocycles. The van der Waals surface area contributed by atoms with Crippen LogP contribution < -0.4 is 0 Å². The van der Waals surface area contributed by atoms with Crippen molar-refractivity contribution in [2.24, 2.45) is 0 Å². The molecule has 0 amide bonds. The Morgan fingerprint density at radius 1 is 1.31 bits per heavy atom. The molecular weight excluding hydrogens is 210 g/mol. The van der Waals surface area contributed by atoms with Gasteiger partial charge >= 0.3 is 5.97 Å². The Hall–Kier alpha value is -1.75. The largest absolute Gasteiger partial charge is 0.508 e. The summed E-state index contributed by atoms with van der Waals surface area (Å²) in [6, 6.07) is 1.17. The molecule has 88 valence electrons. The second kappa shape index (κ2) is 4.40. The number of phenolic OH excluding ortho intramolecular Hbond substituents is 2. The van der Waals surface area contributed by atoms with Gasteiger partial charge < -0.3 is 20.2 Å². The van der Waals surface area contributed by atoms with Crippen LogP contribution in [0.4, 0.5) is 0 Å². The van der Waals surface area contributed by atoms with Crippen molar-refractivity contribution in [2.75, 3.05) is 14.1 Å². The maximum Gasteiger partial charge on any atom is 0.336 e. The highest BCUT2D eigenvalue weighted by atomic mass is 16.4. The van der Waals surface area contributed by atoms with Crippen LogP contribution in [-0.4, -0.2) is 40.3 Å². The number of carbonyl (C=O) groups is 1. The summed E-state index contributed by atoms with van der Waals surface area (Å²) in [5.74, 6) is -1.56. The zero-order valence-electron chi connectivity index (χ0n) is 9.48. The van der Waals surface area contributed by atoms with Crippen LogP contribution in [0.1, 0.15) is 21.5 Å². The van der Waals surface area contributed by atoms with Crippen LogP contribution in [0, 0.1) is 6.92 Å². The van der Waals surface area contributed by atoms with Crippen molar-refractivity contribution in [3.8, 4) is 11.5 Å². The highest BCUT2D eigenvalue weighted by Crippen LogP contribution is 2.32. The topological polar surface area (TPSA) is 81.0 Å². The van der Waals surface area contributed by atoms with E-state index >= 15 is 0 Å². The molecule has 0 radical (unpaired) electrons. The lowest BCUT2D eigenvalue weighted by molar-refractivity contribution is 0.0693. The van der Waals surface area contributed by atoms with E-state index in [1.165, 1.54) is 13.0 Å². The molecule has 0 fully saturated rings. The molecule has 0 spiro atoms. The molecular formula is C11H15NO4. The first kappa shape index (κ1) is 12.3. The van der Waals surface area contributed by atoms with Crippen molar-refractivity contribution in [1.29, 1.82) is 0 Å². The number of nitrogens with zero attached hydrogens (tertiary/aromatic N) is 1. The minimum absolute atomic E-state index is 0.0359. The van der Waals surface area contributed by atoms with Crippen molar-refractivity contribution in [2.45, 2.75) is 13.5 Å². The summed E-state index contributed by atoms with van der Waals surface area (Å²) in [5, 5.41) is 28.2. The van der Waals surface area contributed by atoms with Crippen LogP contribution in [0.15, 0.2) is 6.07 Å². The van der Waals surface area contributed by atoms with E-state index in [-0.39, 0.29) is 22.6 Å². The van der Waals surface area contributed by atoms with Gasteiger partial charge in [0, 0.05) is 23.7 Å². The lowest BCUT2D eigenvalue weighted by Crippen LogP contribution is -2.15. The molecule has 0 aliphatic carbocycles. The van der Waals surface area contributed by atoms with Gasteiger partial charge in [0.15, 0.2) is 0 Å². The fraction of sp³-hybridized carbons (Fsp3) is 0.364. The lowest BCUT2D eigenvalue weighted by atomic mass is 9.99. The Morgan fingerprint density at radius 2 is 1.88 bits per heavy atom. The predicted molar refractivity (Wildman–Crippen MR) is 58.9 cm³/mol. The number of aromatic carboxylic acids is 1. The third-order valence-corrected chi connectivity index (χ3v) is 2.33. The average Bonchev–Trinajstić information content (AvgIpc) is 2.13. The fourth-order valence-corrected chi connectivity index (χ4v) is 1.57. The minimum atomic E-state index is -1.15. The fourth-order valence-electron chi connectivity index (χ4n) is 1.57. The van der Waals surface area contributed by atoms with E-state index in [0.29, 0.717) is 12.1 Å². The molecule has 1 aromatic rings. The highest BCUT2D eigenvalue weighted by Gasteiger charge is 2.20. The molecule has 0 aromatic heterocycles. The first-order valence-corrected chi connectivity index (χ1v) is 4.77. The molecule has 1 aromatic carbocycles. The zero-order valence-corrected chi connectivity index (χ0v) is 9.48. The second-order valence-corrected chi connectivity index (χ2v) is 3.94. The maximum atomic E-state index is 11.1. The van der Waals surface area contributed by atoms with Crippen molar-refractivity contribution in [1.82, 2.24) is 4.90 Å². The molecule has 0 unspecified atom stereocenters. The SMILES string of the molecule is Cc1c(O)cc(O)c(CN(C)C)c1C(=O)O. The van der Waals surface area contributed by atoms with Crippen molar-refractivity contribution < 1.29 is 20.1 Å². The Labute approximate surface area is 93.6 Å². The van der Waals surface area contributed by atoms with Gasteiger partial charge in [0.05, 0.1) is 5.56 Å². The Balaban J connectivity index is 3.44. The molecule has 1 rings (SSSR count). The summed E-state index contributed by atoms with van der Waals surface area (Å²) in [5.41, 5.74) is 0.543. The first-order valence-electron chi connectivity index (χ1n) is 4.77. The van der Waals surface area contributed by atoms with Crippen LogP contribution in [0.25, 0.3) is 0 Å². The summed E-state index contributed by atoms with van der Waals surface area (Å²) >= 11 is 0. The van der Waals surface area contributed by atoms with Crippen LogP contribution in [0.5, 0.6) is 11.5 Å². The summed E-state index contributed by atoms with van der Waals surface area (Å²) in [6.45, 7) is 1.81. The zero-order chi connectivity index (χ0) is 12.5. The smallest absolute Gasteiger partial charge is 0.336 e. The summed E-state index contributed by atoms with van der Waals surface area (Å²) in [4.78, 5) is 12.8. The number of benzene rings is 1. The highest BCUT2D eigenvalue weighted by molar-refractivity contribution is 5.92. The van der Waals surface area contributed by atoms with E-state index in [4.69, 9.17) is 5.11 Å². The van der Waals surface area contributed by atoms with Gasteiger partial charge in [-0.15, -0.1) is 0 Å². The monoisotopic (exact) mass is 225 g/mol. The van der Waals surface area contributed by atoms with Crippen molar-refractivity contribution in [3.05, 3.63) is 22.8 Å². The molecule has 0 saturated heterocycles. The van der Waals surface area contributed by atoms with Gasteiger partial charge in [0.1, 0.15) is 11.5 Å². The van der Waals surface area contributed by atoms with Gasteiger partial charge in [-0.3, -0.25) is 0 Å². The second-order valence-electron chi connectivity index (χ2n) is 3.94. The van der Waals surface area contributed by atoms with E-state index < -0.39 is 5.97 Å². The molecule has 0 aliphatic rings. The van der Waals surface area contributed by atoms with Crippen LogP contribution in [-0.2, 0) is 6.54 Å². The number of carboxylic acid groups (broad SMARTS) is 1. The van der Waals surface area contributed by atoms with Crippen LogP contribution in [0.2, 0.25) is 0 Å². The predicted octanol–water partition coefficient (Wildman–Crippen LogP) is 1.17. The third kappa shape index (κ3) is 2.25. The lowest BCUT2D eigenvalue weighted by Gasteiger charge is -2.16. The van der Waals surface area contributed by atoms with Gasteiger partial charge in [-0.25, -0.2) is 4.79 Å². The molecule has 0 heterocycles. The number of carboxylic acids is 1. The summed E-state index contributed by atoms with van der Waals surface area (Å²) < 4.78 is 0. The Bertz CT molecular complexity index is 426. The van der Waals surface area contributed by atoms with Gasteiger partial charge in [0.25, 0.3) is 0 Å². The van der Waals surface area contributed by atoms with Gasteiger partial charge in [-0.1, -0.05) is 0 Å². The minimum Gasteiger partial charge on any atom is -0.508 e. The molecule has 16 heavy (non-hydrogen) atoms. The first-order chi connectivity index (χ1) is 7.34.